The summed E-state index contributed by atoms with van der Waals surface area (Å²) in [6.07, 6.45) is 0.600. The van der Waals surface area contributed by atoms with Gasteiger partial charge in [0.25, 0.3) is 5.91 Å². The molecular formula is C28H25NO5S. The van der Waals surface area contributed by atoms with Crippen molar-refractivity contribution in [3.05, 3.63) is 101 Å². The van der Waals surface area contributed by atoms with Crippen LogP contribution in [0.4, 0.5) is 5.69 Å². The first-order chi connectivity index (χ1) is 17.1. The summed E-state index contributed by atoms with van der Waals surface area (Å²) in [5, 5.41) is 13.8. The molecule has 6 nitrogen and oxygen atoms in total. The number of carbonyl (C=O) groups excluding carboxylic acids is 1. The van der Waals surface area contributed by atoms with Gasteiger partial charge in [-0.05, 0) is 65.0 Å². The molecule has 1 heterocycles. The van der Waals surface area contributed by atoms with Gasteiger partial charge in [0.2, 0.25) is 0 Å². The lowest BCUT2D eigenvalue weighted by Gasteiger charge is -2.14. The Bertz CT molecular complexity index is 1250. The zero-order chi connectivity index (χ0) is 24.5. The maximum Gasteiger partial charge on any atom is 0.307 e. The van der Waals surface area contributed by atoms with Crippen LogP contribution in [0.1, 0.15) is 22.3 Å². The largest absolute Gasteiger partial charge is 0.493 e. The Kier molecular flexibility index (Phi) is 8.14. The van der Waals surface area contributed by atoms with Gasteiger partial charge in [0.05, 0.1) is 25.2 Å². The molecule has 0 aliphatic rings. The van der Waals surface area contributed by atoms with Crippen LogP contribution in [0.5, 0.6) is 11.5 Å². The molecule has 1 amide bonds. The second-order valence-corrected chi connectivity index (χ2v) is 8.72. The number of carbonyl (C=O) groups is 2. The van der Waals surface area contributed by atoms with E-state index in [1.807, 2.05) is 66.0 Å². The number of carboxylic acid groups (broad SMARTS) is 1. The van der Waals surface area contributed by atoms with Crippen molar-refractivity contribution in [1.82, 2.24) is 0 Å². The number of ether oxygens (including phenoxy) is 2. The first-order valence-corrected chi connectivity index (χ1v) is 12.1. The number of nitrogens with one attached hydrogen (secondary N) is 1. The highest BCUT2D eigenvalue weighted by molar-refractivity contribution is 7.13. The van der Waals surface area contributed by atoms with Crippen LogP contribution in [0.3, 0.4) is 0 Å². The number of hydrogen-bond acceptors (Lipinski definition) is 5. The van der Waals surface area contributed by atoms with Gasteiger partial charge in [0, 0.05) is 17.0 Å². The Morgan fingerprint density at radius 1 is 0.857 bits per heavy atom. The summed E-state index contributed by atoms with van der Waals surface area (Å²) >= 11 is 1.61. The molecule has 0 unspecified atom stereocenters. The standard InChI is InChI=1S/C28H25NO5S/c30-27(31)18-20-9-12-23(13-10-20)33-15-5-16-34-25-14-11-21(26-8-4-17-35-26)19-24(25)28(32)29-22-6-2-1-3-7-22/h1-4,6-14,17,19H,5,15-16,18H2,(H,29,32)(H,30,31). The number of aliphatic carboxylic acids is 1. The molecule has 178 valence electrons. The van der Waals surface area contributed by atoms with Gasteiger partial charge in [0.1, 0.15) is 11.5 Å². The smallest absolute Gasteiger partial charge is 0.307 e. The average molecular weight is 488 g/mol. The van der Waals surface area contributed by atoms with E-state index in [9.17, 15) is 9.59 Å². The molecule has 0 aliphatic carbocycles. The topological polar surface area (TPSA) is 84.9 Å². The van der Waals surface area contributed by atoms with Crippen LogP contribution in [0.25, 0.3) is 10.4 Å². The van der Waals surface area contributed by atoms with Gasteiger partial charge < -0.3 is 19.9 Å². The number of anilines is 1. The van der Waals surface area contributed by atoms with Crippen LogP contribution < -0.4 is 14.8 Å². The minimum atomic E-state index is -0.865. The third-order valence-electron chi connectivity index (χ3n) is 5.16. The summed E-state index contributed by atoms with van der Waals surface area (Å²) in [7, 11) is 0. The minimum Gasteiger partial charge on any atom is -0.493 e. The fourth-order valence-electron chi connectivity index (χ4n) is 3.46. The summed E-state index contributed by atoms with van der Waals surface area (Å²) < 4.78 is 11.7. The van der Waals surface area contributed by atoms with Crippen molar-refractivity contribution >= 4 is 28.9 Å². The average Bonchev–Trinajstić information content (AvgIpc) is 3.40. The number of rotatable bonds is 11. The molecule has 0 saturated carbocycles. The summed E-state index contributed by atoms with van der Waals surface area (Å²) in [4.78, 5) is 24.9. The van der Waals surface area contributed by atoms with E-state index in [0.29, 0.717) is 42.4 Å². The van der Waals surface area contributed by atoms with Crippen LogP contribution in [0.2, 0.25) is 0 Å². The Labute approximate surface area is 207 Å². The second kappa shape index (κ2) is 11.9. The maximum absolute atomic E-state index is 13.1. The molecule has 0 saturated heterocycles. The molecule has 0 fully saturated rings. The van der Waals surface area contributed by atoms with Crippen molar-refractivity contribution < 1.29 is 24.2 Å². The van der Waals surface area contributed by atoms with Gasteiger partial charge in [0.15, 0.2) is 0 Å². The number of thiophene rings is 1. The van der Waals surface area contributed by atoms with Crippen molar-refractivity contribution in [3.8, 4) is 21.9 Å². The van der Waals surface area contributed by atoms with Crippen molar-refractivity contribution in [2.45, 2.75) is 12.8 Å². The quantitative estimate of drug-likeness (QED) is 0.248. The van der Waals surface area contributed by atoms with E-state index in [-0.39, 0.29) is 12.3 Å². The Balaban J connectivity index is 1.37. The van der Waals surface area contributed by atoms with E-state index in [0.717, 1.165) is 16.0 Å². The number of benzene rings is 3. The summed E-state index contributed by atoms with van der Waals surface area (Å²) in [6.45, 7) is 0.804. The van der Waals surface area contributed by atoms with Crippen LogP contribution in [-0.4, -0.2) is 30.2 Å². The number of amides is 1. The highest BCUT2D eigenvalue weighted by Crippen LogP contribution is 2.30. The zero-order valence-corrected chi connectivity index (χ0v) is 19.8. The van der Waals surface area contributed by atoms with Crippen LogP contribution >= 0.6 is 11.3 Å². The van der Waals surface area contributed by atoms with Crippen molar-refractivity contribution in [2.75, 3.05) is 18.5 Å². The fraction of sp³-hybridized carbons (Fsp3) is 0.143. The number of hydrogen-bond donors (Lipinski definition) is 2. The van der Waals surface area contributed by atoms with E-state index in [1.54, 1.807) is 35.6 Å². The zero-order valence-electron chi connectivity index (χ0n) is 19.0. The Morgan fingerprint density at radius 3 is 2.34 bits per heavy atom. The third-order valence-corrected chi connectivity index (χ3v) is 6.07. The Morgan fingerprint density at radius 2 is 1.63 bits per heavy atom. The maximum atomic E-state index is 13.1. The molecular weight excluding hydrogens is 462 g/mol. The SMILES string of the molecule is O=C(O)Cc1ccc(OCCCOc2ccc(-c3cccs3)cc2C(=O)Nc2ccccc2)cc1. The molecule has 2 N–H and O–H groups in total. The van der Waals surface area contributed by atoms with Crippen molar-refractivity contribution in [1.29, 1.82) is 0 Å². The lowest BCUT2D eigenvalue weighted by Crippen LogP contribution is -2.14. The van der Waals surface area contributed by atoms with Gasteiger partial charge in [-0.25, -0.2) is 0 Å². The summed E-state index contributed by atoms with van der Waals surface area (Å²) in [5.74, 6) is 0.0810. The number of carboxylic acids is 1. The van der Waals surface area contributed by atoms with Gasteiger partial charge in [-0.2, -0.15) is 0 Å². The lowest BCUT2D eigenvalue weighted by atomic mass is 10.1. The van der Waals surface area contributed by atoms with Crippen molar-refractivity contribution in [3.63, 3.8) is 0 Å². The van der Waals surface area contributed by atoms with E-state index in [4.69, 9.17) is 14.6 Å². The molecule has 0 spiro atoms. The monoisotopic (exact) mass is 487 g/mol. The molecule has 4 aromatic rings. The van der Waals surface area contributed by atoms with Gasteiger partial charge in [-0.1, -0.05) is 36.4 Å². The summed E-state index contributed by atoms with van der Waals surface area (Å²) in [6, 6.07) is 26.0. The van der Waals surface area contributed by atoms with E-state index < -0.39 is 5.97 Å². The van der Waals surface area contributed by atoms with Crippen LogP contribution in [-0.2, 0) is 11.2 Å². The van der Waals surface area contributed by atoms with Gasteiger partial charge in [-0.15, -0.1) is 11.3 Å². The molecule has 4 rings (SSSR count). The predicted molar refractivity (Wildman–Crippen MR) is 138 cm³/mol. The number of para-hydroxylation sites is 1. The molecule has 0 aliphatic heterocycles. The first-order valence-electron chi connectivity index (χ1n) is 11.2. The lowest BCUT2D eigenvalue weighted by molar-refractivity contribution is -0.136. The molecule has 7 heteroatoms. The van der Waals surface area contributed by atoms with E-state index >= 15 is 0 Å². The fourth-order valence-corrected chi connectivity index (χ4v) is 4.18. The third kappa shape index (κ3) is 6.94. The molecule has 1 aromatic heterocycles. The highest BCUT2D eigenvalue weighted by Gasteiger charge is 2.15. The van der Waals surface area contributed by atoms with Gasteiger partial charge >= 0.3 is 5.97 Å². The van der Waals surface area contributed by atoms with Crippen molar-refractivity contribution in [2.24, 2.45) is 0 Å². The Hall–Kier alpha value is -4.10. The van der Waals surface area contributed by atoms with Gasteiger partial charge in [-0.3, -0.25) is 9.59 Å². The van der Waals surface area contributed by atoms with Crippen LogP contribution in [0, 0.1) is 0 Å². The molecule has 3 aromatic carbocycles. The second-order valence-electron chi connectivity index (χ2n) is 7.77. The van der Waals surface area contributed by atoms with E-state index in [2.05, 4.69) is 5.32 Å². The molecule has 35 heavy (non-hydrogen) atoms. The molecule has 0 atom stereocenters. The highest BCUT2D eigenvalue weighted by atomic mass is 32.1. The molecule has 0 radical (unpaired) electrons. The normalized spacial score (nSPS) is 10.5. The first kappa shape index (κ1) is 24.0. The minimum absolute atomic E-state index is 0.0143. The van der Waals surface area contributed by atoms with E-state index in [1.165, 1.54) is 0 Å². The van der Waals surface area contributed by atoms with Crippen LogP contribution in [0.15, 0.2) is 90.3 Å². The predicted octanol–water partition coefficient (Wildman–Crippen LogP) is 6.14. The summed E-state index contributed by atoms with van der Waals surface area (Å²) in [5.41, 5.74) is 2.86. The molecule has 0 bridgehead atoms.